The average molecular weight is 446 g/mol. The molecule has 31 heavy (non-hydrogen) atoms. The summed E-state index contributed by atoms with van der Waals surface area (Å²) in [7, 11) is 0. The van der Waals surface area contributed by atoms with Crippen molar-refractivity contribution in [3.05, 3.63) is 64.7 Å². The molecule has 164 valence electrons. The van der Waals surface area contributed by atoms with Crippen LogP contribution in [-0.4, -0.2) is 36.8 Å². The second kappa shape index (κ2) is 11.7. The third-order valence-electron chi connectivity index (χ3n) is 4.13. The summed E-state index contributed by atoms with van der Waals surface area (Å²) < 4.78 is 5.04. The second-order valence-corrected chi connectivity index (χ2v) is 7.09. The fourth-order valence-electron chi connectivity index (χ4n) is 2.76. The number of benzene rings is 2. The van der Waals surface area contributed by atoms with Gasteiger partial charge >= 0.3 is 5.97 Å². The first-order valence-corrected chi connectivity index (χ1v) is 10.0. The Labute approximate surface area is 185 Å². The van der Waals surface area contributed by atoms with Gasteiger partial charge in [0.1, 0.15) is 0 Å². The second-order valence-electron chi connectivity index (χ2n) is 6.66. The third kappa shape index (κ3) is 8.10. The van der Waals surface area contributed by atoms with Crippen LogP contribution in [0.4, 0.5) is 5.69 Å². The van der Waals surface area contributed by atoms with Gasteiger partial charge in [0.2, 0.25) is 5.91 Å². The van der Waals surface area contributed by atoms with Crippen molar-refractivity contribution in [3.63, 3.8) is 0 Å². The lowest BCUT2D eigenvalue weighted by molar-refractivity contribution is -0.148. The minimum absolute atomic E-state index is 0.152. The molecule has 0 aromatic heterocycles. The molecule has 0 fully saturated rings. The minimum atomic E-state index is -0.653. The van der Waals surface area contributed by atoms with Crippen LogP contribution in [0.5, 0.6) is 0 Å². The molecule has 3 amide bonds. The zero-order valence-corrected chi connectivity index (χ0v) is 18.0. The van der Waals surface area contributed by atoms with Gasteiger partial charge in [-0.2, -0.15) is 0 Å². The molecule has 0 bridgehead atoms. The highest BCUT2D eigenvalue weighted by Crippen LogP contribution is 2.20. The first kappa shape index (κ1) is 23.9. The standard InChI is InChI=1S/C22H24ClN3O5/c1-3-24-22(30)16-5-4-6-18(11-16)26-20(28)13-31-21(29)12-19(25-14(2)27)15-7-9-17(23)10-8-15/h4-11,19H,3,12-13H2,1-2H3,(H,24,30)(H,25,27)(H,26,28). The summed E-state index contributed by atoms with van der Waals surface area (Å²) in [6.45, 7) is 3.14. The molecule has 0 saturated carbocycles. The fourth-order valence-corrected chi connectivity index (χ4v) is 2.89. The van der Waals surface area contributed by atoms with Crippen LogP contribution >= 0.6 is 11.6 Å². The Balaban J connectivity index is 1.91. The van der Waals surface area contributed by atoms with Crippen molar-refractivity contribution < 1.29 is 23.9 Å². The zero-order chi connectivity index (χ0) is 22.8. The predicted octanol–water partition coefficient (Wildman–Crippen LogP) is 2.84. The average Bonchev–Trinajstić information content (AvgIpc) is 2.72. The van der Waals surface area contributed by atoms with E-state index in [4.69, 9.17) is 16.3 Å². The van der Waals surface area contributed by atoms with Gasteiger partial charge in [-0.1, -0.05) is 29.8 Å². The topological polar surface area (TPSA) is 114 Å². The van der Waals surface area contributed by atoms with Crippen molar-refractivity contribution in [2.45, 2.75) is 26.3 Å². The lowest BCUT2D eigenvalue weighted by Gasteiger charge is -2.17. The first-order chi connectivity index (χ1) is 14.8. The summed E-state index contributed by atoms with van der Waals surface area (Å²) in [4.78, 5) is 47.7. The molecule has 2 rings (SSSR count). The third-order valence-corrected chi connectivity index (χ3v) is 4.38. The van der Waals surface area contributed by atoms with Crippen molar-refractivity contribution in [2.75, 3.05) is 18.5 Å². The number of hydrogen-bond acceptors (Lipinski definition) is 5. The fraction of sp³-hybridized carbons (Fsp3) is 0.273. The highest BCUT2D eigenvalue weighted by Gasteiger charge is 2.19. The molecule has 8 nitrogen and oxygen atoms in total. The number of ether oxygens (including phenoxy) is 1. The Kier molecular flexibility index (Phi) is 9.02. The van der Waals surface area contributed by atoms with Crippen molar-refractivity contribution >= 4 is 41.0 Å². The van der Waals surface area contributed by atoms with Gasteiger partial charge in [0.25, 0.3) is 11.8 Å². The molecular formula is C22H24ClN3O5. The number of carbonyl (C=O) groups excluding carboxylic acids is 4. The van der Waals surface area contributed by atoms with E-state index in [-0.39, 0.29) is 18.2 Å². The molecule has 0 heterocycles. The van der Waals surface area contributed by atoms with Crippen molar-refractivity contribution in [2.24, 2.45) is 0 Å². The summed E-state index contributed by atoms with van der Waals surface area (Å²) in [5.74, 6) is -1.77. The van der Waals surface area contributed by atoms with Crippen LogP contribution in [0.1, 0.15) is 42.2 Å². The molecule has 2 aromatic rings. The molecule has 9 heteroatoms. The van der Waals surface area contributed by atoms with E-state index < -0.39 is 24.5 Å². The number of esters is 1. The molecule has 0 aliphatic rings. The van der Waals surface area contributed by atoms with Crippen molar-refractivity contribution in [3.8, 4) is 0 Å². The van der Waals surface area contributed by atoms with Gasteiger partial charge in [-0.25, -0.2) is 0 Å². The number of amides is 3. The maximum Gasteiger partial charge on any atom is 0.308 e. The largest absolute Gasteiger partial charge is 0.455 e. The summed E-state index contributed by atoms with van der Waals surface area (Å²) in [5, 5.41) is 8.46. The normalized spacial score (nSPS) is 11.2. The summed E-state index contributed by atoms with van der Waals surface area (Å²) in [6.07, 6.45) is -0.152. The van der Waals surface area contributed by atoms with Crippen molar-refractivity contribution in [1.29, 1.82) is 0 Å². The Morgan fingerprint density at radius 2 is 1.77 bits per heavy atom. The number of rotatable bonds is 9. The lowest BCUT2D eigenvalue weighted by atomic mass is 10.0. The van der Waals surface area contributed by atoms with Gasteiger partial charge in [-0.05, 0) is 42.8 Å². The number of halogens is 1. The van der Waals surface area contributed by atoms with E-state index in [1.165, 1.54) is 13.0 Å². The molecule has 3 N–H and O–H groups in total. The van der Waals surface area contributed by atoms with Crippen LogP contribution in [0, 0.1) is 0 Å². The monoisotopic (exact) mass is 445 g/mol. The number of anilines is 1. The number of nitrogens with one attached hydrogen (secondary N) is 3. The smallest absolute Gasteiger partial charge is 0.308 e. The number of carbonyl (C=O) groups is 4. The molecule has 1 atom stereocenters. The quantitative estimate of drug-likeness (QED) is 0.513. The highest BCUT2D eigenvalue weighted by atomic mass is 35.5. The summed E-state index contributed by atoms with van der Waals surface area (Å²) in [6, 6.07) is 12.5. The van der Waals surface area contributed by atoms with E-state index in [0.717, 1.165) is 0 Å². The molecule has 0 aliphatic carbocycles. The van der Waals surface area contributed by atoms with Crippen LogP contribution in [0.2, 0.25) is 5.02 Å². The maximum atomic E-state index is 12.2. The molecule has 0 spiro atoms. The van der Waals surface area contributed by atoms with Gasteiger partial charge in [0, 0.05) is 29.7 Å². The van der Waals surface area contributed by atoms with Crippen LogP contribution in [0.3, 0.4) is 0 Å². The zero-order valence-electron chi connectivity index (χ0n) is 17.2. The Morgan fingerprint density at radius 1 is 1.06 bits per heavy atom. The van der Waals surface area contributed by atoms with E-state index in [1.807, 2.05) is 0 Å². The molecule has 0 radical (unpaired) electrons. The SMILES string of the molecule is CCNC(=O)c1cccc(NC(=O)COC(=O)CC(NC(C)=O)c2ccc(Cl)cc2)c1. The molecule has 2 aromatic carbocycles. The maximum absolute atomic E-state index is 12.2. The Morgan fingerprint density at radius 3 is 2.42 bits per heavy atom. The van der Waals surface area contributed by atoms with Crippen LogP contribution in [0.15, 0.2) is 48.5 Å². The van der Waals surface area contributed by atoms with E-state index in [1.54, 1.807) is 49.4 Å². The van der Waals surface area contributed by atoms with Crippen LogP contribution in [0.25, 0.3) is 0 Å². The van der Waals surface area contributed by atoms with E-state index >= 15 is 0 Å². The van der Waals surface area contributed by atoms with E-state index in [2.05, 4.69) is 16.0 Å². The first-order valence-electron chi connectivity index (χ1n) is 9.64. The molecular weight excluding hydrogens is 422 g/mol. The summed E-state index contributed by atoms with van der Waals surface area (Å²) in [5.41, 5.74) is 1.49. The lowest BCUT2D eigenvalue weighted by Crippen LogP contribution is -2.29. The van der Waals surface area contributed by atoms with Gasteiger partial charge in [0.05, 0.1) is 12.5 Å². The minimum Gasteiger partial charge on any atom is -0.455 e. The predicted molar refractivity (Wildman–Crippen MR) is 117 cm³/mol. The van der Waals surface area contributed by atoms with E-state index in [9.17, 15) is 19.2 Å². The molecule has 1 unspecified atom stereocenters. The highest BCUT2D eigenvalue weighted by molar-refractivity contribution is 6.30. The van der Waals surface area contributed by atoms with E-state index in [0.29, 0.717) is 28.4 Å². The van der Waals surface area contributed by atoms with Gasteiger partial charge in [0.15, 0.2) is 6.61 Å². The molecule has 0 aliphatic heterocycles. The summed E-state index contributed by atoms with van der Waals surface area (Å²) >= 11 is 5.88. The van der Waals surface area contributed by atoms with Gasteiger partial charge in [-0.3, -0.25) is 19.2 Å². The Bertz CT molecular complexity index is 946. The van der Waals surface area contributed by atoms with Crippen molar-refractivity contribution in [1.82, 2.24) is 10.6 Å². The van der Waals surface area contributed by atoms with Crippen LogP contribution < -0.4 is 16.0 Å². The van der Waals surface area contributed by atoms with Gasteiger partial charge in [-0.15, -0.1) is 0 Å². The Hall–Kier alpha value is -3.39. The number of hydrogen-bond donors (Lipinski definition) is 3. The van der Waals surface area contributed by atoms with Gasteiger partial charge < -0.3 is 20.7 Å². The molecule has 0 saturated heterocycles. The van der Waals surface area contributed by atoms with Crippen LogP contribution in [-0.2, 0) is 19.1 Å².